The lowest BCUT2D eigenvalue weighted by molar-refractivity contribution is 0.631. The van der Waals surface area contributed by atoms with Crippen molar-refractivity contribution in [2.75, 3.05) is 6.54 Å². The summed E-state index contributed by atoms with van der Waals surface area (Å²) in [6.45, 7) is 2.90. The summed E-state index contributed by atoms with van der Waals surface area (Å²) in [4.78, 5) is 16.9. The molecular weight excluding hydrogens is 286 g/mol. The number of H-pyrrole nitrogens is 2. The van der Waals surface area contributed by atoms with Crippen LogP contribution in [-0.2, 0) is 0 Å². The molecular formula is C16H16ClN3O. The highest BCUT2D eigenvalue weighted by Crippen LogP contribution is 2.26. The van der Waals surface area contributed by atoms with E-state index >= 15 is 0 Å². The average Bonchev–Trinajstić information content (AvgIpc) is 2.83. The fourth-order valence-electron chi connectivity index (χ4n) is 2.55. The van der Waals surface area contributed by atoms with Crippen LogP contribution in [0.15, 0.2) is 47.3 Å². The van der Waals surface area contributed by atoms with E-state index in [1.807, 2.05) is 42.5 Å². The summed E-state index contributed by atoms with van der Waals surface area (Å²) >= 11 is 6.09. The lowest BCUT2D eigenvalue weighted by Gasteiger charge is -2.19. The maximum absolute atomic E-state index is 11.4. The van der Waals surface area contributed by atoms with Gasteiger partial charge in [-0.3, -0.25) is 0 Å². The predicted molar refractivity (Wildman–Crippen MR) is 85.9 cm³/mol. The minimum atomic E-state index is -0.190. The zero-order valence-corrected chi connectivity index (χ0v) is 12.4. The second kappa shape index (κ2) is 5.76. The Bertz CT molecular complexity index is 822. The number of halogens is 1. The predicted octanol–water partition coefficient (Wildman–Crippen LogP) is 3.21. The Labute approximate surface area is 127 Å². The molecule has 0 aliphatic heterocycles. The van der Waals surface area contributed by atoms with E-state index < -0.39 is 0 Å². The molecule has 1 heterocycles. The zero-order chi connectivity index (χ0) is 14.8. The molecule has 0 saturated heterocycles. The van der Waals surface area contributed by atoms with Crippen LogP contribution in [0.3, 0.4) is 0 Å². The monoisotopic (exact) mass is 301 g/mol. The highest BCUT2D eigenvalue weighted by Gasteiger charge is 2.14. The molecule has 0 fully saturated rings. The number of rotatable bonds is 4. The molecule has 1 aromatic heterocycles. The number of nitrogens with one attached hydrogen (secondary N) is 3. The molecule has 21 heavy (non-hydrogen) atoms. The molecule has 108 valence electrons. The normalized spacial score (nSPS) is 12.7. The molecule has 0 radical (unpaired) electrons. The number of aromatic amines is 2. The van der Waals surface area contributed by atoms with Crippen LogP contribution in [0.25, 0.3) is 11.0 Å². The quantitative estimate of drug-likeness (QED) is 0.693. The van der Waals surface area contributed by atoms with Gasteiger partial charge in [-0.2, -0.15) is 0 Å². The second-order valence-corrected chi connectivity index (χ2v) is 5.37. The lowest BCUT2D eigenvalue weighted by atomic mass is 9.98. The molecule has 2 aromatic carbocycles. The summed E-state index contributed by atoms with van der Waals surface area (Å²) in [7, 11) is 0. The number of hydrogen-bond donors (Lipinski definition) is 3. The zero-order valence-electron chi connectivity index (χ0n) is 11.6. The van der Waals surface area contributed by atoms with Gasteiger partial charge in [-0.05, 0) is 41.9 Å². The number of hydrogen-bond acceptors (Lipinski definition) is 2. The number of benzene rings is 2. The molecule has 3 rings (SSSR count). The van der Waals surface area contributed by atoms with E-state index in [-0.39, 0.29) is 11.7 Å². The van der Waals surface area contributed by atoms with Gasteiger partial charge in [-0.1, -0.05) is 36.7 Å². The van der Waals surface area contributed by atoms with Gasteiger partial charge in [-0.25, -0.2) is 4.79 Å². The lowest BCUT2D eigenvalue weighted by Crippen LogP contribution is -2.21. The van der Waals surface area contributed by atoms with Crippen molar-refractivity contribution in [3.05, 3.63) is 69.1 Å². The summed E-state index contributed by atoms with van der Waals surface area (Å²) in [5.41, 5.74) is 3.61. The summed E-state index contributed by atoms with van der Waals surface area (Å²) in [5, 5.41) is 4.17. The van der Waals surface area contributed by atoms with Crippen LogP contribution in [0.2, 0.25) is 5.02 Å². The average molecular weight is 302 g/mol. The Balaban J connectivity index is 2.07. The van der Waals surface area contributed by atoms with Crippen LogP contribution >= 0.6 is 11.6 Å². The van der Waals surface area contributed by atoms with Crippen molar-refractivity contribution >= 4 is 22.6 Å². The van der Waals surface area contributed by atoms with Gasteiger partial charge in [0.25, 0.3) is 0 Å². The van der Waals surface area contributed by atoms with Gasteiger partial charge in [0.05, 0.1) is 17.1 Å². The Hall–Kier alpha value is -2.04. The van der Waals surface area contributed by atoms with E-state index in [9.17, 15) is 4.79 Å². The fourth-order valence-corrected chi connectivity index (χ4v) is 2.75. The summed E-state index contributed by atoms with van der Waals surface area (Å²) in [6.07, 6.45) is 0. The van der Waals surface area contributed by atoms with Crippen molar-refractivity contribution in [2.24, 2.45) is 0 Å². The highest BCUT2D eigenvalue weighted by atomic mass is 35.5. The van der Waals surface area contributed by atoms with E-state index in [4.69, 9.17) is 11.6 Å². The third kappa shape index (κ3) is 2.86. The molecule has 0 aliphatic rings. The van der Waals surface area contributed by atoms with E-state index in [1.165, 1.54) is 0 Å². The van der Waals surface area contributed by atoms with Crippen molar-refractivity contribution in [2.45, 2.75) is 13.0 Å². The standard InChI is InChI=1S/C16H16ClN3O/c1-2-18-15(10-4-3-5-12(17)8-10)11-6-7-13-14(9-11)20-16(21)19-13/h3-9,15,18H,2H2,1H3,(H2,19,20,21). The minimum absolute atomic E-state index is 0.0384. The van der Waals surface area contributed by atoms with Gasteiger partial charge >= 0.3 is 5.69 Å². The maximum atomic E-state index is 11.4. The summed E-state index contributed by atoms with van der Waals surface area (Å²) < 4.78 is 0. The summed E-state index contributed by atoms with van der Waals surface area (Å²) in [6, 6.07) is 13.8. The molecule has 1 atom stereocenters. The molecule has 0 spiro atoms. The van der Waals surface area contributed by atoms with Crippen molar-refractivity contribution in [3.63, 3.8) is 0 Å². The molecule has 3 N–H and O–H groups in total. The smallest absolute Gasteiger partial charge is 0.307 e. The van der Waals surface area contributed by atoms with Gasteiger partial charge in [0.1, 0.15) is 0 Å². The molecule has 5 heteroatoms. The molecule has 3 aromatic rings. The van der Waals surface area contributed by atoms with Crippen LogP contribution in [0.4, 0.5) is 0 Å². The Morgan fingerprint density at radius 2 is 1.86 bits per heavy atom. The van der Waals surface area contributed by atoms with E-state index in [2.05, 4.69) is 22.2 Å². The van der Waals surface area contributed by atoms with Crippen molar-refractivity contribution in [1.82, 2.24) is 15.3 Å². The molecule has 0 aliphatic carbocycles. The van der Waals surface area contributed by atoms with Crippen LogP contribution in [0.5, 0.6) is 0 Å². The van der Waals surface area contributed by atoms with E-state index in [0.29, 0.717) is 5.02 Å². The van der Waals surface area contributed by atoms with Gasteiger partial charge in [0.15, 0.2) is 0 Å². The SMILES string of the molecule is CCNC(c1cccc(Cl)c1)c1ccc2[nH]c(=O)[nH]c2c1. The number of aromatic nitrogens is 2. The molecule has 0 saturated carbocycles. The largest absolute Gasteiger partial charge is 0.323 e. The molecule has 0 amide bonds. The second-order valence-electron chi connectivity index (χ2n) is 4.93. The Morgan fingerprint density at radius 3 is 2.62 bits per heavy atom. The van der Waals surface area contributed by atoms with E-state index in [0.717, 1.165) is 28.7 Å². The first-order valence-electron chi connectivity index (χ1n) is 6.88. The third-order valence-electron chi connectivity index (χ3n) is 3.46. The van der Waals surface area contributed by atoms with Gasteiger partial charge < -0.3 is 15.3 Å². The van der Waals surface area contributed by atoms with E-state index in [1.54, 1.807) is 0 Å². The van der Waals surface area contributed by atoms with Gasteiger partial charge in [0.2, 0.25) is 0 Å². The topological polar surface area (TPSA) is 60.7 Å². The third-order valence-corrected chi connectivity index (χ3v) is 3.70. The van der Waals surface area contributed by atoms with Crippen molar-refractivity contribution in [3.8, 4) is 0 Å². The number of imidazole rings is 1. The minimum Gasteiger partial charge on any atom is -0.307 e. The van der Waals surface area contributed by atoms with Crippen molar-refractivity contribution < 1.29 is 0 Å². The first-order valence-corrected chi connectivity index (χ1v) is 7.26. The Morgan fingerprint density at radius 1 is 1.10 bits per heavy atom. The van der Waals surface area contributed by atoms with Crippen LogP contribution < -0.4 is 11.0 Å². The Kier molecular flexibility index (Phi) is 3.82. The van der Waals surface area contributed by atoms with Gasteiger partial charge in [0, 0.05) is 5.02 Å². The number of fused-ring (bicyclic) bond motifs is 1. The molecule has 0 bridgehead atoms. The highest BCUT2D eigenvalue weighted by molar-refractivity contribution is 6.30. The van der Waals surface area contributed by atoms with Crippen LogP contribution in [0.1, 0.15) is 24.1 Å². The van der Waals surface area contributed by atoms with Crippen LogP contribution in [-0.4, -0.2) is 16.5 Å². The van der Waals surface area contributed by atoms with Gasteiger partial charge in [-0.15, -0.1) is 0 Å². The van der Waals surface area contributed by atoms with Crippen LogP contribution in [0, 0.1) is 0 Å². The summed E-state index contributed by atoms with van der Waals surface area (Å²) in [5.74, 6) is 0. The molecule has 4 nitrogen and oxygen atoms in total. The fraction of sp³-hybridized carbons (Fsp3) is 0.188. The first-order chi connectivity index (χ1) is 10.2. The van der Waals surface area contributed by atoms with Crippen molar-refractivity contribution in [1.29, 1.82) is 0 Å². The maximum Gasteiger partial charge on any atom is 0.323 e. The first kappa shape index (κ1) is 13.9. The molecule has 1 unspecified atom stereocenters.